The van der Waals surface area contributed by atoms with Crippen molar-refractivity contribution in [3.8, 4) is 5.75 Å². The van der Waals surface area contributed by atoms with E-state index in [4.69, 9.17) is 4.74 Å². The molecule has 0 saturated heterocycles. The van der Waals surface area contributed by atoms with E-state index in [0.717, 1.165) is 29.4 Å². The van der Waals surface area contributed by atoms with Crippen LogP contribution in [0, 0.1) is 5.82 Å². The molecule has 0 saturated carbocycles. The molecule has 2 aliphatic rings. The Balaban J connectivity index is 1.77. The van der Waals surface area contributed by atoms with Crippen molar-refractivity contribution in [1.82, 2.24) is 0 Å². The SMILES string of the molecule is CCc1ccc(N2CC(O)(c3ccc(OC)cc3F)[N+]3=C2SCCC3)cc1. The quantitative estimate of drug-likeness (QED) is 0.814. The molecular formula is C21H24FN2O2S+. The molecule has 2 heterocycles. The van der Waals surface area contributed by atoms with E-state index in [1.807, 2.05) is 4.58 Å². The number of aliphatic hydroxyl groups is 1. The summed E-state index contributed by atoms with van der Waals surface area (Å²) in [6.07, 6.45) is 1.94. The maximum absolute atomic E-state index is 14.8. The predicted octanol–water partition coefficient (Wildman–Crippen LogP) is 3.57. The number of β-amino-alcohol motifs (C(OH)–C–C–N with tert-alkyl or cyclic N) is 1. The van der Waals surface area contributed by atoms with Crippen LogP contribution in [0.5, 0.6) is 5.75 Å². The minimum absolute atomic E-state index is 0.288. The Morgan fingerprint density at radius 3 is 2.70 bits per heavy atom. The van der Waals surface area contributed by atoms with Gasteiger partial charge in [0.15, 0.2) is 6.54 Å². The van der Waals surface area contributed by atoms with Crippen molar-refractivity contribution in [3.63, 3.8) is 0 Å². The molecule has 1 atom stereocenters. The average molecular weight is 388 g/mol. The first-order valence-corrected chi connectivity index (χ1v) is 10.3. The van der Waals surface area contributed by atoms with Crippen LogP contribution in [0.1, 0.15) is 24.5 Å². The Morgan fingerprint density at radius 1 is 1.26 bits per heavy atom. The molecule has 27 heavy (non-hydrogen) atoms. The second kappa shape index (κ2) is 7.17. The zero-order chi connectivity index (χ0) is 19.0. The molecule has 4 rings (SSSR count). The van der Waals surface area contributed by atoms with Gasteiger partial charge in [-0.1, -0.05) is 19.1 Å². The smallest absolute Gasteiger partial charge is 0.316 e. The van der Waals surface area contributed by atoms with Gasteiger partial charge in [0, 0.05) is 11.8 Å². The first kappa shape index (κ1) is 18.3. The molecule has 1 unspecified atom stereocenters. The van der Waals surface area contributed by atoms with Gasteiger partial charge in [-0.05, 0) is 54.4 Å². The molecule has 1 N–H and O–H groups in total. The molecule has 2 aliphatic heterocycles. The fourth-order valence-corrected chi connectivity index (χ4v) is 4.97. The number of thioether (sulfide) groups is 1. The zero-order valence-electron chi connectivity index (χ0n) is 15.6. The Bertz CT molecular complexity index is 884. The summed E-state index contributed by atoms with van der Waals surface area (Å²) >= 11 is 1.72. The van der Waals surface area contributed by atoms with E-state index in [-0.39, 0.29) is 5.56 Å². The third-order valence-corrected chi connectivity index (χ3v) is 6.50. The number of amidine groups is 1. The third kappa shape index (κ3) is 3.11. The van der Waals surface area contributed by atoms with Crippen LogP contribution in [0.15, 0.2) is 42.5 Å². The van der Waals surface area contributed by atoms with E-state index < -0.39 is 11.5 Å². The Kier molecular flexibility index (Phi) is 4.86. The van der Waals surface area contributed by atoms with Crippen LogP contribution in [0.4, 0.5) is 10.1 Å². The summed E-state index contributed by atoms with van der Waals surface area (Å²) < 4.78 is 21.9. The second-order valence-electron chi connectivity index (χ2n) is 6.90. The van der Waals surface area contributed by atoms with Crippen molar-refractivity contribution in [2.24, 2.45) is 0 Å². The molecule has 142 valence electrons. The lowest BCUT2D eigenvalue weighted by Crippen LogP contribution is -2.42. The molecule has 0 bridgehead atoms. The van der Waals surface area contributed by atoms with E-state index in [1.165, 1.54) is 18.7 Å². The second-order valence-corrected chi connectivity index (χ2v) is 7.97. The zero-order valence-corrected chi connectivity index (χ0v) is 16.4. The standard InChI is InChI=1S/C21H24FN2O2S/c1-3-15-5-7-16(8-6-15)23-14-21(25,24-11-4-12-27-20(23)24)18-10-9-17(26-2)13-19(18)22/h5-10,13,25H,3-4,11-12,14H2,1-2H3/q+1. The van der Waals surface area contributed by atoms with Gasteiger partial charge in [-0.25, -0.2) is 13.9 Å². The van der Waals surface area contributed by atoms with Crippen molar-refractivity contribution in [3.05, 3.63) is 59.4 Å². The van der Waals surface area contributed by atoms with Crippen LogP contribution in [-0.4, -0.2) is 40.8 Å². The lowest BCUT2D eigenvalue weighted by molar-refractivity contribution is -0.657. The van der Waals surface area contributed by atoms with Gasteiger partial charge in [0.2, 0.25) is 0 Å². The summed E-state index contributed by atoms with van der Waals surface area (Å²) in [6, 6.07) is 13.0. The average Bonchev–Trinajstić information content (AvgIpc) is 3.02. The maximum Gasteiger partial charge on any atom is 0.316 e. The Hall–Kier alpha value is -2.05. The highest BCUT2D eigenvalue weighted by atomic mass is 32.2. The van der Waals surface area contributed by atoms with Gasteiger partial charge in [0.25, 0.3) is 5.72 Å². The van der Waals surface area contributed by atoms with Gasteiger partial charge >= 0.3 is 5.17 Å². The topological polar surface area (TPSA) is 35.7 Å². The number of anilines is 1. The molecule has 2 aromatic carbocycles. The summed E-state index contributed by atoms with van der Waals surface area (Å²) in [5.74, 6) is 0.994. The maximum atomic E-state index is 14.8. The lowest BCUT2D eigenvalue weighted by atomic mass is 10.0. The van der Waals surface area contributed by atoms with Gasteiger partial charge in [-0.3, -0.25) is 0 Å². The van der Waals surface area contributed by atoms with Crippen LogP contribution in [0.3, 0.4) is 0 Å². The molecule has 0 aromatic heterocycles. The normalized spacial score (nSPS) is 22.1. The van der Waals surface area contributed by atoms with Gasteiger partial charge in [-0.2, -0.15) is 0 Å². The highest BCUT2D eigenvalue weighted by molar-refractivity contribution is 8.13. The summed E-state index contributed by atoms with van der Waals surface area (Å²) in [6.45, 7) is 3.13. The molecule has 0 aliphatic carbocycles. The largest absolute Gasteiger partial charge is 0.497 e. The number of halogens is 1. The van der Waals surface area contributed by atoms with Crippen molar-refractivity contribution < 1.29 is 18.8 Å². The number of benzene rings is 2. The molecule has 6 heteroatoms. The van der Waals surface area contributed by atoms with Crippen LogP contribution in [0.2, 0.25) is 0 Å². The number of nitrogens with zero attached hydrogens (tertiary/aromatic N) is 2. The first-order valence-electron chi connectivity index (χ1n) is 9.27. The number of rotatable bonds is 4. The fourth-order valence-electron chi connectivity index (χ4n) is 3.79. The third-order valence-electron chi connectivity index (χ3n) is 5.31. The van der Waals surface area contributed by atoms with Crippen LogP contribution in [0.25, 0.3) is 0 Å². The monoisotopic (exact) mass is 387 g/mol. The van der Waals surface area contributed by atoms with E-state index in [1.54, 1.807) is 23.9 Å². The molecule has 0 fully saturated rings. The lowest BCUT2D eigenvalue weighted by Gasteiger charge is -2.24. The van der Waals surface area contributed by atoms with E-state index in [0.29, 0.717) is 18.8 Å². The van der Waals surface area contributed by atoms with Gasteiger partial charge < -0.3 is 9.84 Å². The van der Waals surface area contributed by atoms with Crippen LogP contribution >= 0.6 is 11.8 Å². The van der Waals surface area contributed by atoms with E-state index >= 15 is 0 Å². The van der Waals surface area contributed by atoms with Crippen molar-refractivity contribution in [2.45, 2.75) is 25.5 Å². The molecular weight excluding hydrogens is 363 g/mol. The number of aryl methyl sites for hydroxylation is 1. The highest BCUT2D eigenvalue weighted by Crippen LogP contribution is 2.39. The van der Waals surface area contributed by atoms with E-state index in [2.05, 4.69) is 36.1 Å². The summed E-state index contributed by atoms with van der Waals surface area (Å²) in [4.78, 5) is 2.10. The fraction of sp³-hybridized carbons (Fsp3) is 0.381. The predicted molar refractivity (Wildman–Crippen MR) is 107 cm³/mol. The number of methoxy groups -OCH3 is 1. The molecule has 0 amide bonds. The summed E-state index contributed by atoms with van der Waals surface area (Å²) in [5.41, 5.74) is 1.18. The first-order chi connectivity index (χ1) is 13.1. The van der Waals surface area contributed by atoms with Crippen molar-refractivity contribution >= 4 is 22.6 Å². The molecule has 0 spiro atoms. The number of hydrogen-bond acceptors (Lipinski definition) is 4. The van der Waals surface area contributed by atoms with Gasteiger partial charge in [0.05, 0.1) is 19.2 Å². The Labute approximate surface area is 163 Å². The van der Waals surface area contributed by atoms with E-state index in [9.17, 15) is 9.50 Å². The van der Waals surface area contributed by atoms with Crippen molar-refractivity contribution in [2.75, 3.05) is 30.9 Å². The number of hydrogen-bond donors (Lipinski definition) is 1. The van der Waals surface area contributed by atoms with Crippen LogP contribution in [-0.2, 0) is 12.1 Å². The van der Waals surface area contributed by atoms with Crippen LogP contribution < -0.4 is 9.64 Å². The number of ether oxygens (including phenoxy) is 1. The minimum Gasteiger partial charge on any atom is -0.497 e. The molecule has 4 nitrogen and oxygen atoms in total. The summed E-state index contributed by atoms with van der Waals surface area (Å²) in [5, 5.41) is 12.6. The van der Waals surface area contributed by atoms with Crippen molar-refractivity contribution in [1.29, 1.82) is 0 Å². The van der Waals surface area contributed by atoms with Gasteiger partial charge in [0.1, 0.15) is 17.3 Å². The summed E-state index contributed by atoms with van der Waals surface area (Å²) in [7, 11) is 1.51. The highest BCUT2D eigenvalue weighted by Gasteiger charge is 2.54. The molecule has 0 radical (unpaired) electrons. The van der Waals surface area contributed by atoms with Gasteiger partial charge in [-0.15, -0.1) is 0 Å². The molecule has 2 aromatic rings. The minimum atomic E-state index is -1.40. The Morgan fingerprint density at radius 2 is 2.04 bits per heavy atom.